The van der Waals surface area contributed by atoms with E-state index in [2.05, 4.69) is 17.1 Å². The Bertz CT molecular complexity index is 1230. The summed E-state index contributed by atoms with van der Waals surface area (Å²) in [6.07, 6.45) is 4.70. The molecular formula is C26H26ClN3O3. The van der Waals surface area contributed by atoms with Gasteiger partial charge < -0.3 is 14.6 Å². The zero-order valence-corrected chi connectivity index (χ0v) is 19.1. The van der Waals surface area contributed by atoms with Crippen molar-refractivity contribution in [1.29, 1.82) is 0 Å². The van der Waals surface area contributed by atoms with E-state index in [0.29, 0.717) is 36.9 Å². The first-order valence-corrected chi connectivity index (χ1v) is 11.8. The number of halogens is 1. The summed E-state index contributed by atoms with van der Waals surface area (Å²) >= 11 is 6.12. The van der Waals surface area contributed by atoms with Gasteiger partial charge in [-0.2, -0.15) is 4.98 Å². The summed E-state index contributed by atoms with van der Waals surface area (Å²) < 4.78 is 1.76. The minimum atomic E-state index is -0.740. The molecule has 3 aromatic rings. The number of carbonyl (C=O) groups excluding carboxylic acids is 1. The Morgan fingerprint density at radius 1 is 0.970 bits per heavy atom. The van der Waals surface area contributed by atoms with E-state index < -0.39 is 11.3 Å². The topological polar surface area (TPSA) is 75.4 Å². The third-order valence-corrected chi connectivity index (χ3v) is 7.30. The molecular weight excluding hydrogens is 438 g/mol. The van der Waals surface area contributed by atoms with Gasteiger partial charge in [0, 0.05) is 36.5 Å². The highest BCUT2D eigenvalue weighted by Gasteiger charge is 2.39. The number of aromatic hydroxyl groups is 1. The van der Waals surface area contributed by atoms with Gasteiger partial charge in [-0.1, -0.05) is 66.9 Å². The Kier molecular flexibility index (Phi) is 5.71. The monoisotopic (exact) mass is 463 g/mol. The summed E-state index contributed by atoms with van der Waals surface area (Å²) in [4.78, 5) is 31.9. The summed E-state index contributed by atoms with van der Waals surface area (Å²) in [6.45, 7) is 1.41. The van der Waals surface area contributed by atoms with Crippen LogP contribution in [0.4, 0.5) is 0 Å². The van der Waals surface area contributed by atoms with E-state index in [1.807, 2.05) is 42.5 Å². The van der Waals surface area contributed by atoms with Crippen LogP contribution in [0.2, 0.25) is 5.02 Å². The third-order valence-electron chi connectivity index (χ3n) is 7.05. The van der Waals surface area contributed by atoms with Crippen LogP contribution in [-0.2, 0) is 24.9 Å². The lowest BCUT2D eigenvalue weighted by molar-refractivity contribution is 0.0678. The molecule has 0 spiro atoms. The third kappa shape index (κ3) is 4.04. The second-order valence-corrected chi connectivity index (χ2v) is 9.50. The molecule has 1 aliphatic heterocycles. The Labute approximate surface area is 197 Å². The number of carbonyl (C=O) groups is 1. The SMILES string of the molecule is O=C1c2c(O)c(=O)nc(CC3(c4ccc(Cl)cc4)CCCC3)n2CCN1Cc1ccccc1. The predicted octanol–water partition coefficient (Wildman–Crippen LogP) is 4.31. The summed E-state index contributed by atoms with van der Waals surface area (Å²) in [6, 6.07) is 17.6. The van der Waals surface area contributed by atoms with Crippen LogP contribution in [0.15, 0.2) is 59.4 Å². The number of aromatic nitrogens is 2. The van der Waals surface area contributed by atoms with E-state index in [1.165, 1.54) is 5.56 Å². The van der Waals surface area contributed by atoms with Crippen LogP contribution in [-0.4, -0.2) is 32.0 Å². The normalized spacial score (nSPS) is 17.2. The number of nitrogens with zero attached hydrogens (tertiary/aromatic N) is 3. The lowest BCUT2D eigenvalue weighted by Crippen LogP contribution is -2.43. The van der Waals surface area contributed by atoms with Crippen molar-refractivity contribution in [2.75, 3.05) is 6.54 Å². The maximum atomic E-state index is 13.3. The van der Waals surface area contributed by atoms with E-state index in [9.17, 15) is 14.7 Å². The van der Waals surface area contributed by atoms with Crippen molar-refractivity contribution in [2.24, 2.45) is 0 Å². The van der Waals surface area contributed by atoms with E-state index >= 15 is 0 Å². The molecule has 2 heterocycles. The van der Waals surface area contributed by atoms with Gasteiger partial charge in [0.1, 0.15) is 5.82 Å². The smallest absolute Gasteiger partial charge is 0.315 e. The van der Waals surface area contributed by atoms with Gasteiger partial charge in [0.25, 0.3) is 5.91 Å². The van der Waals surface area contributed by atoms with Crippen LogP contribution >= 0.6 is 11.6 Å². The average Bonchev–Trinajstić information content (AvgIpc) is 3.29. The molecule has 0 saturated heterocycles. The summed E-state index contributed by atoms with van der Waals surface area (Å²) in [5, 5.41) is 11.2. The molecule has 0 atom stereocenters. The van der Waals surface area contributed by atoms with Crippen molar-refractivity contribution in [3.8, 4) is 5.75 Å². The second kappa shape index (κ2) is 8.67. The van der Waals surface area contributed by atoms with Gasteiger partial charge in [-0.15, -0.1) is 0 Å². The van der Waals surface area contributed by atoms with Gasteiger partial charge in [-0.05, 0) is 36.1 Å². The molecule has 0 radical (unpaired) electrons. The Balaban J connectivity index is 1.52. The zero-order valence-electron chi connectivity index (χ0n) is 18.3. The van der Waals surface area contributed by atoms with Crippen LogP contribution < -0.4 is 5.56 Å². The maximum absolute atomic E-state index is 13.3. The standard InChI is InChI=1S/C26H26ClN3O3/c27-20-10-8-19(9-11-20)26(12-4-5-13-26)16-21-28-24(32)23(31)22-25(33)29(14-15-30(21)22)17-18-6-2-1-3-7-18/h1-3,6-11,31H,4-5,12-17H2. The van der Waals surface area contributed by atoms with Gasteiger partial charge in [0.05, 0.1) is 0 Å². The zero-order chi connectivity index (χ0) is 23.0. The molecule has 6 nitrogen and oxygen atoms in total. The number of hydrogen-bond donors (Lipinski definition) is 1. The average molecular weight is 464 g/mol. The van der Waals surface area contributed by atoms with Gasteiger partial charge in [-0.3, -0.25) is 9.59 Å². The fourth-order valence-electron chi connectivity index (χ4n) is 5.33. The number of hydrogen-bond acceptors (Lipinski definition) is 4. The van der Waals surface area contributed by atoms with E-state index in [-0.39, 0.29) is 17.0 Å². The van der Waals surface area contributed by atoms with Crippen molar-refractivity contribution >= 4 is 17.5 Å². The summed E-state index contributed by atoms with van der Waals surface area (Å²) in [7, 11) is 0. The molecule has 33 heavy (non-hydrogen) atoms. The highest BCUT2D eigenvalue weighted by Crippen LogP contribution is 2.44. The lowest BCUT2D eigenvalue weighted by atomic mass is 9.76. The number of benzene rings is 2. The molecule has 0 bridgehead atoms. The number of rotatable bonds is 5. The van der Waals surface area contributed by atoms with Crippen LogP contribution in [0, 0.1) is 0 Å². The second-order valence-electron chi connectivity index (χ2n) is 9.07. The van der Waals surface area contributed by atoms with Crippen molar-refractivity contribution in [2.45, 2.75) is 50.6 Å². The Hall–Kier alpha value is -3.12. The molecule has 2 aliphatic rings. The van der Waals surface area contributed by atoms with Gasteiger partial charge in [0.2, 0.25) is 5.75 Å². The summed E-state index contributed by atoms with van der Waals surface area (Å²) in [5.41, 5.74) is 1.33. The Morgan fingerprint density at radius 3 is 2.36 bits per heavy atom. The molecule has 5 rings (SSSR count). The molecule has 1 saturated carbocycles. The molecule has 1 amide bonds. The van der Waals surface area contributed by atoms with E-state index in [1.54, 1.807) is 9.47 Å². The molecule has 0 unspecified atom stereocenters. The fourth-order valence-corrected chi connectivity index (χ4v) is 5.46. The van der Waals surface area contributed by atoms with Crippen molar-refractivity contribution in [3.05, 3.63) is 92.6 Å². The van der Waals surface area contributed by atoms with Crippen LogP contribution in [0.1, 0.15) is 53.1 Å². The van der Waals surface area contributed by atoms with Gasteiger partial charge >= 0.3 is 5.56 Å². The molecule has 170 valence electrons. The van der Waals surface area contributed by atoms with Gasteiger partial charge in [0.15, 0.2) is 5.69 Å². The van der Waals surface area contributed by atoms with Crippen LogP contribution in [0.5, 0.6) is 5.75 Å². The van der Waals surface area contributed by atoms with E-state index in [0.717, 1.165) is 31.2 Å². The van der Waals surface area contributed by atoms with Crippen LogP contribution in [0.25, 0.3) is 0 Å². The van der Waals surface area contributed by atoms with Crippen molar-refractivity contribution < 1.29 is 9.90 Å². The van der Waals surface area contributed by atoms with E-state index in [4.69, 9.17) is 11.6 Å². The minimum absolute atomic E-state index is 0.0523. The summed E-state index contributed by atoms with van der Waals surface area (Å²) in [5.74, 6) is -0.332. The first-order valence-electron chi connectivity index (χ1n) is 11.4. The molecule has 1 aromatic heterocycles. The maximum Gasteiger partial charge on any atom is 0.315 e. The highest BCUT2D eigenvalue weighted by molar-refractivity contribution is 6.30. The molecule has 1 fully saturated rings. The lowest BCUT2D eigenvalue weighted by Gasteiger charge is -2.34. The fraction of sp³-hybridized carbons (Fsp3) is 0.346. The minimum Gasteiger partial charge on any atom is -0.501 e. The van der Waals surface area contributed by atoms with Crippen LogP contribution in [0.3, 0.4) is 0 Å². The van der Waals surface area contributed by atoms with Crippen molar-refractivity contribution in [3.63, 3.8) is 0 Å². The highest BCUT2D eigenvalue weighted by atomic mass is 35.5. The first-order chi connectivity index (χ1) is 16.0. The number of amides is 1. The molecule has 1 aliphatic carbocycles. The molecule has 1 N–H and O–H groups in total. The number of fused-ring (bicyclic) bond motifs is 1. The molecule has 7 heteroatoms. The van der Waals surface area contributed by atoms with Crippen molar-refractivity contribution in [1.82, 2.24) is 14.5 Å². The molecule has 2 aromatic carbocycles. The Morgan fingerprint density at radius 2 is 1.67 bits per heavy atom. The quantitative estimate of drug-likeness (QED) is 0.611. The predicted molar refractivity (Wildman–Crippen MR) is 127 cm³/mol. The first kappa shape index (κ1) is 21.7. The largest absolute Gasteiger partial charge is 0.501 e. The van der Waals surface area contributed by atoms with Gasteiger partial charge in [-0.25, -0.2) is 0 Å².